The second kappa shape index (κ2) is 6.10. The SMILES string of the molecule is CCNC(=O)c1cc(F)cnc1Oc1ccc(F)cc1. The van der Waals surface area contributed by atoms with Crippen molar-refractivity contribution in [3.63, 3.8) is 0 Å². The number of hydrogen-bond acceptors (Lipinski definition) is 3. The third-order valence-corrected chi connectivity index (χ3v) is 2.43. The van der Waals surface area contributed by atoms with Crippen LogP contribution in [0.4, 0.5) is 8.78 Å². The van der Waals surface area contributed by atoms with Crippen molar-refractivity contribution in [3.05, 3.63) is 53.7 Å². The van der Waals surface area contributed by atoms with E-state index in [9.17, 15) is 13.6 Å². The quantitative estimate of drug-likeness (QED) is 0.935. The number of hydrogen-bond donors (Lipinski definition) is 1. The van der Waals surface area contributed by atoms with E-state index in [4.69, 9.17) is 4.74 Å². The van der Waals surface area contributed by atoms with Crippen LogP contribution in [0.2, 0.25) is 0 Å². The molecular formula is C14H12F2N2O2. The van der Waals surface area contributed by atoms with E-state index in [-0.39, 0.29) is 11.4 Å². The van der Waals surface area contributed by atoms with Crippen LogP contribution in [0, 0.1) is 11.6 Å². The van der Waals surface area contributed by atoms with Gasteiger partial charge in [0.15, 0.2) is 0 Å². The Morgan fingerprint density at radius 2 is 1.95 bits per heavy atom. The smallest absolute Gasteiger partial charge is 0.256 e. The molecule has 1 aromatic carbocycles. The van der Waals surface area contributed by atoms with Crippen LogP contribution in [0.1, 0.15) is 17.3 Å². The number of pyridine rings is 1. The molecule has 0 saturated heterocycles. The molecule has 1 heterocycles. The number of nitrogens with zero attached hydrogens (tertiary/aromatic N) is 1. The molecule has 0 aliphatic heterocycles. The minimum Gasteiger partial charge on any atom is -0.438 e. The fraction of sp³-hybridized carbons (Fsp3) is 0.143. The lowest BCUT2D eigenvalue weighted by Gasteiger charge is -2.09. The molecule has 1 N–H and O–H groups in total. The van der Waals surface area contributed by atoms with Crippen LogP contribution in [-0.4, -0.2) is 17.4 Å². The van der Waals surface area contributed by atoms with Gasteiger partial charge in [-0.1, -0.05) is 0 Å². The molecular weight excluding hydrogens is 266 g/mol. The first-order valence-electron chi connectivity index (χ1n) is 5.97. The molecule has 0 aliphatic carbocycles. The van der Waals surface area contributed by atoms with Crippen molar-refractivity contribution < 1.29 is 18.3 Å². The molecule has 0 atom stereocenters. The van der Waals surface area contributed by atoms with E-state index in [0.717, 1.165) is 12.3 Å². The Kier molecular flexibility index (Phi) is 4.24. The molecule has 4 nitrogen and oxygen atoms in total. The highest BCUT2D eigenvalue weighted by Gasteiger charge is 2.15. The van der Waals surface area contributed by atoms with Gasteiger partial charge in [-0.25, -0.2) is 13.8 Å². The summed E-state index contributed by atoms with van der Waals surface area (Å²) in [6.45, 7) is 2.14. The molecule has 2 aromatic rings. The van der Waals surface area contributed by atoms with E-state index in [0.29, 0.717) is 12.3 Å². The molecule has 20 heavy (non-hydrogen) atoms. The van der Waals surface area contributed by atoms with Gasteiger partial charge in [-0.3, -0.25) is 4.79 Å². The summed E-state index contributed by atoms with van der Waals surface area (Å²) in [6.07, 6.45) is 0.946. The highest BCUT2D eigenvalue weighted by atomic mass is 19.1. The van der Waals surface area contributed by atoms with Crippen LogP contribution in [0.25, 0.3) is 0 Å². The number of nitrogens with one attached hydrogen (secondary N) is 1. The Morgan fingerprint density at radius 3 is 2.60 bits per heavy atom. The average Bonchev–Trinajstić information content (AvgIpc) is 2.43. The van der Waals surface area contributed by atoms with Crippen molar-refractivity contribution in [1.29, 1.82) is 0 Å². The maximum Gasteiger partial charge on any atom is 0.256 e. The lowest BCUT2D eigenvalue weighted by atomic mass is 10.2. The number of amides is 1. The van der Waals surface area contributed by atoms with E-state index in [1.807, 2.05) is 0 Å². The average molecular weight is 278 g/mol. The van der Waals surface area contributed by atoms with Crippen LogP contribution >= 0.6 is 0 Å². The molecule has 0 unspecified atom stereocenters. The number of carbonyl (C=O) groups excluding carboxylic acids is 1. The minimum atomic E-state index is -0.641. The molecule has 0 radical (unpaired) electrons. The Morgan fingerprint density at radius 1 is 1.25 bits per heavy atom. The Balaban J connectivity index is 2.31. The molecule has 0 saturated carbocycles. The molecule has 104 valence electrons. The van der Waals surface area contributed by atoms with Crippen molar-refractivity contribution in [2.45, 2.75) is 6.92 Å². The second-order valence-corrected chi connectivity index (χ2v) is 3.92. The molecule has 0 bridgehead atoms. The summed E-state index contributed by atoms with van der Waals surface area (Å²) < 4.78 is 31.4. The largest absolute Gasteiger partial charge is 0.438 e. The normalized spacial score (nSPS) is 10.2. The summed E-state index contributed by atoms with van der Waals surface area (Å²) in [5, 5.41) is 2.54. The predicted molar refractivity (Wildman–Crippen MR) is 68.7 cm³/mol. The molecule has 0 spiro atoms. The van der Waals surface area contributed by atoms with Gasteiger partial charge in [0, 0.05) is 6.54 Å². The molecule has 6 heteroatoms. The van der Waals surface area contributed by atoms with E-state index >= 15 is 0 Å². The predicted octanol–water partition coefficient (Wildman–Crippen LogP) is 2.90. The van der Waals surface area contributed by atoms with E-state index < -0.39 is 17.5 Å². The van der Waals surface area contributed by atoms with Crippen LogP contribution in [0.3, 0.4) is 0 Å². The molecule has 2 rings (SSSR count). The topological polar surface area (TPSA) is 51.2 Å². The van der Waals surface area contributed by atoms with Crippen molar-refractivity contribution >= 4 is 5.91 Å². The van der Waals surface area contributed by atoms with Gasteiger partial charge in [0.1, 0.15) is 22.9 Å². The van der Waals surface area contributed by atoms with Gasteiger partial charge in [0.05, 0.1) is 6.20 Å². The molecule has 1 amide bonds. The number of ether oxygens (including phenoxy) is 1. The lowest BCUT2D eigenvalue weighted by Crippen LogP contribution is -2.23. The standard InChI is InChI=1S/C14H12F2N2O2/c1-2-17-13(19)12-7-10(16)8-18-14(12)20-11-5-3-9(15)4-6-11/h3-8H,2H2,1H3,(H,17,19). The van der Waals surface area contributed by atoms with Crippen molar-refractivity contribution in [1.82, 2.24) is 10.3 Å². The Labute approximate surface area is 114 Å². The third kappa shape index (κ3) is 3.28. The zero-order chi connectivity index (χ0) is 14.5. The third-order valence-electron chi connectivity index (χ3n) is 2.43. The first-order chi connectivity index (χ1) is 9.60. The zero-order valence-corrected chi connectivity index (χ0v) is 10.7. The van der Waals surface area contributed by atoms with E-state index in [1.54, 1.807) is 6.92 Å². The summed E-state index contributed by atoms with van der Waals surface area (Å²) in [5.41, 5.74) is -0.0174. The van der Waals surface area contributed by atoms with Gasteiger partial charge in [-0.05, 0) is 37.3 Å². The van der Waals surface area contributed by atoms with Crippen molar-refractivity contribution in [2.24, 2.45) is 0 Å². The van der Waals surface area contributed by atoms with E-state index in [2.05, 4.69) is 10.3 Å². The summed E-state index contributed by atoms with van der Waals surface area (Å²) >= 11 is 0. The number of carbonyl (C=O) groups is 1. The Hall–Kier alpha value is -2.50. The van der Waals surface area contributed by atoms with Crippen molar-refractivity contribution in [3.8, 4) is 11.6 Å². The van der Waals surface area contributed by atoms with Gasteiger partial charge in [-0.2, -0.15) is 0 Å². The monoisotopic (exact) mass is 278 g/mol. The van der Waals surface area contributed by atoms with Gasteiger partial charge in [0.25, 0.3) is 5.91 Å². The highest BCUT2D eigenvalue weighted by molar-refractivity contribution is 5.96. The molecule has 1 aromatic heterocycles. The van der Waals surface area contributed by atoms with Gasteiger partial charge >= 0.3 is 0 Å². The highest BCUT2D eigenvalue weighted by Crippen LogP contribution is 2.23. The number of halogens is 2. The summed E-state index contributed by atoms with van der Waals surface area (Å²) in [7, 11) is 0. The zero-order valence-electron chi connectivity index (χ0n) is 10.7. The number of benzene rings is 1. The van der Waals surface area contributed by atoms with E-state index in [1.165, 1.54) is 24.3 Å². The van der Waals surface area contributed by atoms with Crippen LogP contribution in [-0.2, 0) is 0 Å². The fourth-order valence-electron chi connectivity index (χ4n) is 1.54. The summed E-state index contributed by atoms with van der Waals surface area (Å²) in [5.74, 6) is -1.28. The van der Waals surface area contributed by atoms with Crippen LogP contribution < -0.4 is 10.1 Å². The molecule has 0 aliphatic rings. The summed E-state index contributed by atoms with van der Waals surface area (Å²) in [4.78, 5) is 15.6. The number of rotatable bonds is 4. The summed E-state index contributed by atoms with van der Waals surface area (Å²) in [6, 6.07) is 6.25. The first-order valence-corrected chi connectivity index (χ1v) is 5.97. The maximum atomic E-state index is 13.2. The Bertz CT molecular complexity index is 615. The lowest BCUT2D eigenvalue weighted by molar-refractivity contribution is 0.0952. The van der Waals surface area contributed by atoms with Gasteiger partial charge in [0.2, 0.25) is 5.88 Å². The molecule has 0 fully saturated rings. The second-order valence-electron chi connectivity index (χ2n) is 3.92. The first kappa shape index (κ1) is 13.9. The fourth-order valence-corrected chi connectivity index (χ4v) is 1.54. The van der Waals surface area contributed by atoms with Gasteiger partial charge < -0.3 is 10.1 Å². The van der Waals surface area contributed by atoms with Crippen LogP contribution in [0.5, 0.6) is 11.6 Å². The van der Waals surface area contributed by atoms with Crippen LogP contribution in [0.15, 0.2) is 36.5 Å². The van der Waals surface area contributed by atoms with Crippen molar-refractivity contribution in [2.75, 3.05) is 6.54 Å². The minimum absolute atomic E-state index is 0.0174. The van der Waals surface area contributed by atoms with Gasteiger partial charge in [-0.15, -0.1) is 0 Å². The number of aromatic nitrogens is 1. The maximum absolute atomic E-state index is 13.2.